The van der Waals surface area contributed by atoms with Gasteiger partial charge in [0.15, 0.2) is 5.58 Å². The molecule has 0 unspecified atom stereocenters. The smallest absolute Gasteiger partial charge is 0.419 e. The monoisotopic (exact) mass is 404 g/mol. The van der Waals surface area contributed by atoms with E-state index in [1.807, 2.05) is 0 Å². The lowest BCUT2D eigenvalue weighted by atomic mass is 10.2. The number of hydrogen-bond acceptors (Lipinski definition) is 7. The SMILES string of the molecule is COC(=O)[C@H]1CN(S(=O)(=O)c2ccc3c(c2)oc(=O)n3C)c2ccccc2O1. The number of carbonyl (C=O) groups is 1. The molecule has 9 nitrogen and oxygen atoms in total. The van der Waals surface area contributed by atoms with Crippen LogP contribution in [0.5, 0.6) is 5.75 Å². The number of aromatic nitrogens is 1. The summed E-state index contributed by atoms with van der Waals surface area (Å²) in [5.41, 5.74) is 0.927. The molecular formula is C18H16N2O7S. The van der Waals surface area contributed by atoms with Crippen molar-refractivity contribution in [1.82, 2.24) is 4.57 Å². The van der Waals surface area contributed by atoms with Crippen molar-refractivity contribution < 1.29 is 27.1 Å². The Morgan fingerprint density at radius 2 is 1.96 bits per heavy atom. The highest BCUT2D eigenvalue weighted by Crippen LogP contribution is 2.37. The maximum absolute atomic E-state index is 13.3. The third-order valence-electron chi connectivity index (χ3n) is 4.55. The zero-order valence-electron chi connectivity index (χ0n) is 15.0. The van der Waals surface area contributed by atoms with Crippen LogP contribution in [0.1, 0.15) is 0 Å². The number of hydrogen-bond donors (Lipinski definition) is 0. The molecule has 0 spiro atoms. The molecule has 0 amide bonds. The summed E-state index contributed by atoms with van der Waals surface area (Å²) in [4.78, 5) is 23.6. The van der Waals surface area contributed by atoms with Crippen molar-refractivity contribution in [3.63, 3.8) is 0 Å². The molecule has 0 radical (unpaired) electrons. The second-order valence-electron chi connectivity index (χ2n) is 6.19. The number of rotatable bonds is 3. The van der Waals surface area contributed by atoms with Crippen LogP contribution in [0.3, 0.4) is 0 Å². The van der Waals surface area contributed by atoms with Gasteiger partial charge in [-0.25, -0.2) is 18.0 Å². The van der Waals surface area contributed by atoms with Crippen molar-refractivity contribution in [3.8, 4) is 5.75 Å². The normalized spacial score (nSPS) is 16.5. The number of esters is 1. The lowest BCUT2D eigenvalue weighted by molar-refractivity contribution is -0.148. The summed E-state index contributed by atoms with van der Waals surface area (Å²) in [6.45, 7) is -0.247. The fourth-order valence-electron chi connectivity index (χ4n) is 3.09. The average Bonchev–Trinajstić information content (AvgIpc) is 2.99. The zero-order chi connectivity index (χ0) is 20.1. The predicted molar refractivity (Wildman–Crippen MR) is 98.9 cm³/mol. The molecular weight excluding hydrogens is 388 g/mol. The van der Waals surface area contributed by atoms with Gasteiger partial charge in [-0.05, 0) is 24.3 Å². The Morgan fingerprint density at radius 3 is 2.71 bits per heavy atom. The van der Waals surface area contributed by atoms with Crippen molar-refractivity contribution in [3.05, 3.63) is 53.0 Å². The van der Waals surface area contributed by atoms with Crippen LogP contribution in [-0.2, 0) is 26.6 Å². The minimum atomic E-state index is -4.07. The Bertz CT molecular complexity index is 1240. The maximum atomic E-state index is 13.3. The van der Waals surface area contributed by atoms with Gasteiger partial charge in [0.2, 0.25) is 6.10 Å². The number of aryl methyl sites for hydroxylation is 1. The number of oxazole rings is 1. The summed E-state index contributed by atoms with van der Waals surface area (Å²) in [6.07, 6.45) is -1.10. The number of fused-ring (bicyclic) bond motifs is 2. The summed E-state index contributed by atoms with van der Waals surface area (Å²) in [6, 6.07) is 10.7. The summed E-state index contributed by atoms with van der Waals surface area (Å²) in [5.74, 6) is -1.02. The van der Waals surface area contributed by atoms with Crippen LogP contribution in [0.25, 0.3) is 11.1 Å². The molecule has 0 fully saturated rings. The zero-order valence-corrected chi connectivity index (χ0v) is 15.8. The molecule has 0 bridgehead atoms. The molecule has 2 aromatic carbocycles. The van der Waals surface area contributed by atoms with E-state index in [-0.39, 0.29) is 22.8 Å². The van der Waals surface area contributed by atoms with Crippen molar-refractivity contribution in [2.75, 3.05) is 18.0 Å². The first-order valence-corrected chi connectivity index (χ1v) is 9.73. The lowest BCUT2D eigenvalue weighted by Gasteiger charge is -2.34. The van der Waals surface area contributed by atoms with Crippen LogP contribution in [0.15, 0.2) is 56.6 Å². The molecule has 1 aliphatic rings. The van der Waals surface area contributed by atoms with E-state index in [0.717, 1.165) is 4.31 Å². The number of methoxy groups -OCH3 is 1. The van der Waals surface area contributed by atoms with Crippen molar-refractivity contribution in [2.24, 2.45) is 7.05 Å². The van der Waals surface area contributed by atoms with Crippen LogP contribution < -0.4 is 14.8 Å². The molecule has 28 heavy (non-hydrogen) atoms. The number of ether oxygens (including phenoxy) is 2. The van der Waals surface area contributed by atoms with Gasteiger partial charge in [0.05, 0.1) is 29.8 Å². The van der Waals surface area contributed by atoms with Gasteiger partial charge in [0, 0.05) is 13.1 Å². The Balaban J connectivity index is 1.83. The van der Waals surface area contributed by atoms with Crippen molar-refractivity contribution in [2.45, 2.75) is 11.0 Å². The van der Waals surface area contributed by atoms with E-state index in [2.05, 4.69) is 0 Å². The maximum Gasteiger partial charge on any atom is 0.419 e. The van der Waals surface area contributed by atoms with E-state index in [1.165, 1.54) is 36.9 Å². The Hall–Kier alpha value is -3.27. The molecule has 1 aliphatic heterocycles. The minimum absolute atomic E-state index is 0.0744. The largest absolute Gasteiger partial charge is 0.475 e. The molecule has 3 aromatic rings. The molecule has 10 heteroatoms. The summed E-state index contributed by atoms with van der Waals surface area (Å²) < 4.78 is 44.4. The molecule has 146 valence electrons. The third kappa shape index (κ3) is 2.73. The fraction of sp³-hybridized carbons (Fsp3) is 0.222. The fourth-order valence-corrected chi connectivity index (χ4v) is 4.58. The van der Waals surface area contributed by atoms with Gasteiger partial charge in [-0.15, -0.1) is 0 Å². The number of sulfonamides is 1. The van der Waals surface area contributed by atoms with Gasteiger partial charge >= 0.3 is 11.7 Å². The molecule has 0 N–H and O–H groups in total. The van der Waals surface area contributed by atoms with Crippen LogP contribution >= 0.6 is 0 Å². The third-order valence-corrected chi connectivity index (χ3v) is 6.33. The first-order valence-electron chi connectivity index (χ1n) is 8.29. The number of carbonyl (C=O) groups excluding carboxylic acids is 1. The minimum Gasteiger partial charge on any atom is -0.475 e. The topological polar surface area (TPSA) is 108 Å². The van der Waals surface area contributed by atoms with E-state index in [1.54, 1.807) is 24.3 Å². The number of para-hydroxylation sites is 2. The van der Waals surface area contributed by atoms with Crippen molar-refractivity contribution in [1.29, 1.82) is 0 Å². The van der Waals surface area contributed by atoms with E-state index in [9.17, 15) is 18.0 Å². The Morgan fingerprint density at radius 1 is 1.21 bits per heavy atom. The Labute approximate surface area is 159 Å². The van der Waals surface area contributed by atoms with Crippen LogP contribution in [0, 0.1) is 0 Å². The van der Waals surface area contributed by atoms with Crippen LogP contribution in [0.2, 0.25) is 0 Å². The van der Waals surface area contributed by atoms with Gasteiger partial charge in [0.25, 0.3) is 10.0 Å². The second kappa shape index (κ2) is 6.41. The van der Waals surface area contributed by atoms with Gasteiger partial charge in [-0.3, -0.25) is 8.87 Å². The van der Waals surface area contributed by atoms with E-state index in [0.29, 0.717) is 11.2 Å². The highest BCUT2D eigenvalue weighted by molar-refractivity contribution is 7.92. The van der Waals surface area contributed by atoms with Crippen LogP contribution in [0.4, 0.5) is 5.69 Å². The number of nitrogens with zero attached hydrogens (tertiary/aromatic N) is 2. The van der Waals surface area contributed by atoms with E-state index < -0.39 is 27.9 Å². The predicted octanol–water partition coefficient (Wildman–Crippen LogP) is 1.26. The van der Waals surface area contributed by atoms with E-state index >= 15 is 0 Å². The molecule has 0 saturated heterocycles. The highest BCUT2D eigenvalue weighted by atomic mass is 32.2. The highest BCUT2D eigenvalue weighted by Gasteiger charge is 2.38. The summed E-state index contributed by atoms with van der Waals surface area (Å²) in [7, 11) is -1.34. The van der Waals surface area contributed by atoms with Crippen molar-refractivity contribution >= 4 is 32.8 Å². The Kier molecular flexibility index (Phi) is 4.15. The molecule has 1 aromatic heterocycles. The summed E-state index contributed by atoms with van der Waals surface area (Å²) >= 11 is 0. The van der Waals surface area contributed by atoms with Gasteiger partial charge in [0.1, 0.15) is 5.75 Å². The molecule has 2 heterocycles. The second-order valence-corrected chi connectivity index (χ2v) is 8.05. The van der Waals surface area contributed by atoms with E-state index in [4.69, 9.17) is 13.9 Å². The van der Waals surface area contributed by atoms with Gasteiger partial charge in [-0.1, -0.05) is 12.1 Å². The van der Waals surface area contributed by atoms with Crippen LogP contribution in [-0.4, -0.2) is 38.7 Å². The molecule has 1 atom stereocenters. The first-order chi connectivity index (χ1) is 13.3. The number of anilines is 1. The number of benzene rings is 2. The molecule has 0 aliphatic carbocycles. The molecule has 4 rings (SSSR count). The quantitative estimate of drug-likeness (QED) is 0.605. The lowest BCUT2D eigenvalue weighted by Crippen LogP contribution is -2.47. The standard InChI is InChI=1S/C18H16N2O7S/c1-19-12-8-7-11(9-15(12)27-18(19)22)28(23,24)20-10-16(17(21)25-2)26-14-6-4-3-5-13(14)20/h3-9,16H,10H2,1-2H3/t16-/m1/s1. The van der Waals surface area contributed by atoms with Gasteiger partial charge in [-0.2, -0.15) is 0 Å². The molecule has 0 saturated carbocycles. The van der Waals surface area contributed by atoms with Gasteiger partial charge < -0.3 is 13.9 Å². The summed E-state index contributed by atoms with van der Waals surface area (Å²) in [5, 5.41) is 0. The first kappa shape index (κ1) is 18.1. The average molecular weight is 404 g/mol.